The van der Waals surface area contributed by atoms with E-state index in [2.05, 4.69) is 0 Å². The number of rotatable bonds is 5. The number of aryl methyl sites for hydroxylation is 1. The highest BCUT2D eigenvalue weighted by Gasteiger charge is 2.74. The van der Waals surface area contributed by atoms with Crippen LogP contribution in [0.1, 0.15) is 51.2 Å². The molecule has 1 aliphatic rings. The number of ketones is 1. The van der Waals surface area contributed by atoms with Gasteiger partial charge in [0.2, 0.25) is 0 Å². The number of nitrogens with zero attached hydrogens (tertiary/aromatic N) is 1. The summed E-state index contributed by atoms with van der Waals surface area (Å²) in [7, 11) is 0. The SMILES string of the molecule is CC[C@]1(c2ccc(C)cc2)[C@H]([N+](=O)[O-])[C@](C)(O)CC[C@@]1(C(C)=O)C(=O)O. The molecule has 2 N–H and O–H groups in total. The second-order valence-electron chi connectivity index (χ2n) is 7.50. The molecule has 7 nitrogen and oxygen atoms in total. The molecule has 1 aromatic rings. The number of hydrogen-bond acceptors (Lipinski definition) is 5. The van der Waals surface area contributed by atoms with E-state index in [4.69, 9.17) is 0 Å². The summed E-state index contributed by atoms with van der Waals surface area (Å²) in [5.41, 5.74) is -4.08. The molecule has 142 valence electrons. The molecule has 26 heavy (non-hydrogen) atoms. The number of benzene rings is 1. The maximum Gasteiger partial charge on any atom is 0.318 e. The van der Waals surface area contributed by atoms with E-state index in [0.717, 1.165) is 5.56 Å². The number of carbonyl (C=O) groups is 2. The number of aliphatic carboxylic acids is 1. The summed E-state index contributed by atoms with van der Waals surface area (Å²) in [4.78, 5) is 36.5. The zero-order chi connectivity index (χ0) is 19.9. The zero-order valence-corrected chi connectivity index (χ0v) is 15.5. The molecule has 0 amide bonds. The van der Waals surface area contributed by atoms with Crippen LogP contribution in [0.25, 0.3) is 0 Å². The van der Waals surface area contributed by atoms with E-state index in [9.17, 15) is 29.9 Å². The Labute approximate surface area is 152 Å². The smallest absolute Gasteiger partial charge is 0.318 e. The van der Waals surface area contributed by atoms with Gasteiger partial charge in [-0.3, -0.25) is 19.7 Å². The normalized spacial score (nSPS) is 34.3. The summed E-state index contributed by atoms with van der Waals surface area (Å²) in [6.07, 6.45) is -0.265. The number of carbonyl (C=O) groups excluding carboxylic acids is 1. The molecule has 1 aromatic carbocycles. The van der Waals surface area contributed by atoms with Crippen molar-refractivity contribution in [3.05, 3.63) is 45.5 Å². The third-order valence-electron chi connectivity index (χ3n) is 6.12. The average molecular weight is 363 g/mol. The van der Waals surface area contributed by atoms with Gasteiger partial charge >= 0.3 is 5.97 Å². The molecule has 0 aromatic heterocycles. The van der Waals surface area contributed by atoms with Crippen molar-refractivity contribution in [2.45, 2.75) is 64.0 Å². The summed E-state index contributed by atoms with van der Waals surface area (Å²) >= 11 is 0. The number of aliphatic hydroxyl groups is 1. The van der Waals surface area contributed by atoms with Crippen LogP contribution >= 0.6 is 0 Å². The van der Waals surface area contributed by atoms with E-state index in [1.54, 1.807) is 31.2 Å². The minimum Gasteiger partial charge on any atom is -0.480 e. The van der Waals surface area contributed by atoms with Crippen molar-refractivity contribution < 1.29 is 24.7 Å². The molecule has 1 fully saturated rings. The predicted molar refractivity (Wildman–Crippen MR) is 94.5 cm³/mol. The number of carboxylic acids is 1. The van der Waals surface area contributed by atoms with Gasteiger partial charge in [0.25, 0.3) is 6.04 Å². The summed E-state index contributed by atoms with van der Waals surface area (Å²) in [5, 5.41) is 33.0. The molecule has 0 aliphatic heterocycles. The summed E-state index contributed by atoms with van der Waals surface area (Å²) in [6.45, 7) is 6.01. The first kappa shape index (κ1) is 20.0. The molecule has 1 aliphatic carbocycles. The van der Waals surface area contributed by atoms with Gasteiger partial charge in [-0.25, -0.2) is 0 Å². The topological polar surface area (TPSA) is 118 Å². The van der Waals surface area contributed by atoms with E-state index < -0.39 is 39.1 Å². The van der Waals surface area contributed by atoms with E-state index in [-0.39, 0.29) is 19.3 Å². The highest BCUT2D eigenvalue weighted by Crippen LogP contribution is 2.58. The molecule has 4 atom stereocenters. The molecule has 1 saturated carbocycles. The fourth-order valence-corrected chi connectivity index (χ4v) is 4.86. The molecular weight excluding hydrogens is 338 g/mol. The number of Topliss-reactive ketones (excluding diaryl/α,β-unsaturated/α-hetero) is 1. The van der Waals surface area contributed by atoms with E-state index in [1.165, 1.54) is 13.8 Å². The van der Waals surface area contributed by atoms with E-state index in [0.29, 0.717) is 5.56 Å². The van der Waals surface area contributed by atoms with Crippen LogP contribution in [0.4, 0.5) is 0 Å². The Morgan fingerprint density at radius 1 is 1.27 bits per heavy atom. The summed E-state index contributed by atoms with van der Waals surface area (Å²) in [6, 6.07) is 5.12. The van der Waals surface area contributed by atoms with Crippen LogP contribution in [0, 0.1) is 22.5 Å². The highest BCUT2D eigenvalue weighted by atomic mass is 16.6. The van der Waals surface area contributed by atoms with Crippen molar-refractivity contribution in [2.75, 3.05) is 0 Å². The first-order valence-electron chi connectivity index (χ1n) is 8.65. The molecule has 0 heterocycles. The number of hydrogen-bond donors (Lipinski definition) is 2. The van der Waals surface area contributed by atoms with E-state index >= 15 is 0 Å². The lowest BCUT2D eigenvalue weighted by Crippen LogP contribution is -2.71. The summed E-state index contributed by atoms with van der Waals surface area (Å²) < 4.78 is 0. The minimum atomic E-state index is -1.98. The zero-order valence-electron chi connectivity index (χ0n) is 15.5. The third-order valence-corrected chi connectivity index (χ3v) is 6.12. The lowest BCUT2D eigenvalue weighted by molar-refractivity contribution is -0.565. The highest BCUT2D eigenvalue weighted by molar-refractivity contribution is 6.04. The Balaban J connectivity index is 2.98. The Morgan fingerprint density at radius 3 is 2.19 bits per heavy atom. The lowest BCUT2D eigenvalue weighted by Gasteiger charge is -2.54. The maximum atomic E-state index is 12.7. The molecule has 0 spiro atoms. The third kappa shape index (κ3) is 2.53. The van der Waals surface area contributed by atoms with Crippen LogP contribution in [0.5, 0.6) is 0 Å². The van der Waals surface area contributed by atoms with Gasteiger partial charge in [-0.15, -0.1) is 0 Å². The van der Waals surface area contributed by atoms with Crippen molar-refractivity contribution >= 4 is 11.8 Å². The minimum absolute atomic E-state index is 0.0315. The largest absolute Gasteiger partial charge is 0.480 e. The molecule has 0 radical (unpaired) electrons. The van der Waals surface area contributed by atoms with Gasteiger partial charge in [0.1, 0.15) is 16.8 Å². The molecule has 0 unspecified atom stereocenters. The number of nitro groups is 1. The fraction of sp³-hybridized carbons (Fsp3) is 0.579. The molecular formula is C19H25NO6. The Bertz CT molecular complexity index is 725. The van der Waals surface area contributed by atoms with Crippen LogP contribution in [0.15, 0.2) is 24.3 Å². The van der Waals surface area contributed by atoms with Crippen molar-refractivity contribution in [1.29, 1.82) is 0 Å². The lowest BCUT2D eigenvalue weighted by atomic mass is 9.46. The number of carboxylic acid groups (broad SMARTS) is 1. The monoisotopic (exact) mass is 363 g/mol. The van der Waals surface area contributed by atoms with Crippen LogP contribution in [0.3, 0.4) is 0 Å². The Morgan fingerprint density at radius 2 is 1.81 bits per heavy atom. The molecule has 2 rings (SSSR count). The molecule has 7 heteroatoms. The molecule has 0 saturated heterocycles. The quantitative estimate of drug-likeness (QED) is 0.471. The van der Waals surface area contributed by atoms with Crippen molar-refractivity contribution in [1.82, 2.24) is 0 Å². The van der Waals surface area contributed by atoms with Gasteiger partial charge in [0.05, 0.1) is 5.41 Å². The van der Waals surface area contributed by atoms with Gasteiger partial charge in [0.15, 0.2) is 0 Å². The van der Waals surface area contributed by atoms with Crippen molar-refractivity contribution in [2.24, 2.45) is 5.41 Å². The van der Waals surface area contributed by atoms with Gasteiger partial charge in [0, 0.05) is 4.92 Å². The van der Waals surface area contributed by atoms with Gasteiger partial charge in [-0.2, -0.15) is 0 Å². The van der Waals surface area contributed by atoms with Crippen LogP contribution in [0.2, 0.25) is 0 Å². The van der Waals surface area contributed by atoms with E-state index in [1.807, 2.05) is 6.92 Å². The first-order chi connectivity index (χ1) is 12.0. The first-order valence-corrected chi connectivity index (χ1v) is 8.65. The predicted octanol–water partition coefficient (Wildman–Crippen LogP) is 2.49. The van der Waals surface area contributed by atoms with Crippen molar-refractivity contribution in [3.63, 3.8) is 0 Å². The average Bonchev–Trinajstić information content (AvgIpc) is 2.53. The standard InChI is InChI=1S/C19H25NO6/c1-5-18(14-8-6-12(2)7-9-14)15(20(25)26)17(4,24)10-11-19(18,13(3)21)16(22)23/h6-9,15,24H,5,10-11H2,1-4H3,(H,22,23)/t15-,17-,18+,19-/m1/s1. The molecule has 0 bridgehead atoms. The second-order valence-corrected chi connectivity index (χ2v) is 7.50. The van der Waals surface area contributed by atoms with Crippen LogP contribution < -0.4 is 0 Å². The fourth-order valence-electron chi connectivity index (χ4n) is 4.86. The maximum absolute atomic E-state index is 12.7. The van der Waals surface area contributed by atoms with Crippen LogP contribution in [-0.4, -0.2) is 38.5 Å². The Hall–Kier alpha value is -2.28. The van der Waals surface area contributed by atoms with Gasteiger partial charge < -0.3 is 10.2 Å². The summed E-state index contributed by atoms with van der Waals surface area (Å²) in [5.74, 6) is -2.01. The van der Waals surface area contributed by atoms with Gasteiger partial charge in [-0.1, -0.05) is 36.8 Å². The van der Waals surface area contributed by atoms with Gasteiger partial charge in [-0.05, 0) is 45.6 Å². The van der Waals surface area contributed by atoms with Crippen molar-refractivity contribution in [3.8, 4) is 0 Å². The van der Waals surface area contributed by atoms with Crippen LogP contribution in [-0.2, 0) is 15.0 Å². The Kier molecular flexibility index (Phi) is 4.98. The second kappa shape index (κ2) is 6.46.